The van der Waals surface area contributed by atoms with Gasteiger partial charge in [0.15, 0.2) is 0 Å². The molecule has 1 fully saturated rings. The van der Waals surface area contributed by atoms with Gasteiger partial charge in [0.05, 0.1) is 16.2 Å². The molecule has 1 aliphatic heterocycles. The molecule has 1 spiro atoms. The monoisotopic (exact) mass is 612 g/mol. The Bertz CT molecular complexity index is 1340. The first-order valence-electron chi connectivity index (χ1n) is 12.8. The molecule has 8 heteroatoms. The number of nitrogens with one attached hydrogen (secondary N) is 1. The molecule has 1 aromatic heterocycles. The van der Waals surface area contributed by atoms with Crippen LogP contribution in [-0.2, 0) is 17.7 Å². The lowest BCUT2D eigenvalue weighted by Gasteiger charge is -2.44. The van der Waals surface area contributed by atoms with Crippen LogP contribution in [0.5, 0.6) is 0 Å². The van der Waals surface area contributed by atoms with E-state index in [2.05, 4.69) is 51.0 Å². The van der Waals surface area contributed by atoms with Crippen molar-refractivity contribution in [2.45, 2.75) is 58.2 Å². The minimum atomic E-state index is -0.558. The Balaban J connectivity index is 1.40. The summed E-state index contributed by atoms with van der Waals surface area (Å²) in [6.07, 6.45) is 3.94. The van der Waals surface area contributed by atoms with Crippen LogP contribution in [0.1, 0.15) is 56.3 Å². The average molecular weight is 613 g/mol. The van der Waals surface area contributed by atoms with E-state index >= 15 is 0 Å². The van der Waals surface area contributed by atoms with Gasteiger partial charge in [0.1, 0.15) is 5.60 Å². The number of anilines is 1. The molecule has 2 heterocycles. The molecule has 2 aromatic carbocycles. The van der Waals surface area contributed by atoms with Crippen LogP contribution in [0, 0.1) is 8.99 Å². The first kappa shape index (κ1) is 25.8. The fourth-order valence-corrected chi connectivity index (χ4v) is 6.11. The third-order valence-corrected chi connectivity index (χ3v) is 8.13. The number of benzene rings is 2. The lowest BCUT2D eigenvalue weighted by molar-refractivity contribution is 0.0427. The van der Waals surface area contributed by atoms with Gasteiger partial charge in [-0.2, -0.15) is 0 Å². The number of hydrogen-bond acceptors (Lipinski definition) is 5. The van der Waals surface area contributed by atoms with Gasteiger partial charge in [-0.15, -0.1) is 0 Å². The van der Waals surface area contributed by atoms with E-state index in [4.69, 9.17) is 9.72 Å². The number of rotatable bonds is 4. The number of alkyl carbamates (subject to hydrolysis) is 1. The summed E-state index contributed by atoms with van der Waals surface area (Å²) < 4.78 is 8.02. The number of amides is 1. The normalized spacial score (nSPS) is 18.5. The van der Waals surface area contributed by atoms with E-state index < -0.39 is 5.60 Å². The molecule has 3 aromatic rings. The maximum atomic E-state index is 13.1. The second-order valence-corrected chi connectivity index (χ2v) is 12.2. The van der Waals surface area contributed by atoms with Crippen molar-refractivity contribution in [3.05, 3.63) is 91.4 Å². The van der Waals surface area contributed by atoms with Crippen LogP contribution in [0.15, 0.2) is 65.6 Å². The highest BCUT2D eigenvalue weighted by Crippen LogP contribution is 2.52. The van der Waals surface area contributed by atoms with Gasteiger partial charge in [-0.3, -0.25) is 9.36 Å². The van der Waals surface area contributed by atoms with Gasteiger partial charge < -0.3 is 15.0 Å². The molecule has 1 N–H and O–H groups in total. The zero-order valence-corrected chi connectivity index (χ0v) is 23.7. The molecule has 2 aliphatic rings. The van der Waals surface area contributed by atoms with Gasteiger partial charge in [-0.05, 0) is 79.3 Å². The first-order chi connectivity index (χ1) is 17.7. The summed E-state index contributed by atoms with van der Waals surface area (Å²) in [5.41, 5.74) is 2.84. The van der Waals surface area contributed by atoms with Gasteiger partial charge in [0, 0.05) is 24.7 Å². The summed E-state index contributed by atoms with van der Waals surface area (Å²) in [6.45, 7) is 7.63. The van der Waals surface area contributed by atoms with Crippen LogP contribution in [0.2, 0.25) is 0 Å². The number of halogens is 1. The number of hydrogen-bond donors (Lipinski definition) is 1. The van der Waals surface area contributed by atoms with Crippen molar-refractivity contribution >= 4 is 34.6 Å². The Morgan fingerprint density at radius 3 is 2.49 bits per heavy atom. The largest absolute Gasteiger partial charge is 0.444 e. The van der Waals surface area contributed by atoms with Crippen molar-refractivity contribution in [1.29, 1.82) is 0 Å². The van der Waals surface area contributed by atoms with Crippen molar-refractivity contribution in [2.75, 3.05) is 18.0 Å². The Labute approximate surface area is 231 Å². The molecule has 1 aliphatic carbocycles. The Hall–Kier alpha value is -2.88. The molecule has 1 atom stereocenters. The maximum Gasteiger partial charge on any atom is 0.408 e. The third-order valence-electron chi connectivity index (χ3n) is 7.39. The number of aromatic nitrogens is 2. The number of carbonyl (C=O) groups is 1. The topological polar surface area (TPSA) is 76.5 Å². The highest BCUT2D eigenvalue weighted by molar-refractivity contribution is 14.1. The molecule has 5 rings (SSSR count). The van der Waals surface area contributed by atoms with Crippen LogP contribution in [0.25, 0.3) is 0 Å². The zero-order valence-electron chi connectivity index (χ0n) is 21.5. The quantitative estimate of drug-likeness (QED) is 0.405. The highest BCUT2D eigenvalue weighted by atomic mass is 127. The van der Waals surface area contributed by atoms with Crippen LogP contribution < -0.4 is 15.8 Å². The summed E-state index contributed by atoms with van der Waals surface area (Å²) in [6, 6.07) is 18.3. The molecule has 0 bridgehead atoms. The lowest BCUT2D eigenvalue weighted by atomic mass is 9.73. The van der Waals surface area contributed by atoms with E-state index in [1.807, 2.05) is 57.2 Å². The van der Waals surface area contributed by atoms with Gasteiger partial charge in [0.2, 0.25) is 5.95 Å². The van der Waals surface area contributed by atoms with E-state index in [1.54, 1.807) is 10.8 Å². The number of piperidine rings is 1. The highest BCUT2D eigenvalue weighted by Gasteiger charge is 2.49. The van der Waals surface area contributed by atoms with Crippen molar-refractivity contribution in [2.24, 2.45) is 5.41 Å². The Morgan fingerprint density at radius 1 is 1.11 bits per heavy atom. The number of nitrogens with zero attached hydrogens (tertiary/aromatic N) is 3. The smallest absolute Gasteiger partial charge is 0.408 e. The average Bonchev–Trinajstić information content (AvgIpc) is 3.15. The summed E-state index contributed by atoms with van der Waals surface area (Å²) >= 11 is 2.06. The van der Waals surface area contributed by atoms with Gasteiger partial charge in [-0.1, -0.05) is 54.6 Å². The Morgan fingerprint density at radius 2 is 1.78 bits per heavy atom. The van der Waals surface area contributed by atoms with Crippen molar-refractivity contribution in [1.82, 2.24) is 14.9 Å². The van der Waals surface area contributed by atoms with E-state index in [9.17, 15) is 9.59 Å². The predicted molar refractivity (Wildman–Crippen MR) is 153 cm³/mol. The predicted octanol–water partition coefficient (Wildman–Crippen LogP) is 5.30. The summed E-state index contributed by atoms with van der Waals surface area (Å²) in [5.74, 6) is 0.705. The molecule has 37 heavy (non-hydrogen) atoms. The summed E-state index contributed by atoms with van der Waals surface area (Å²) in [5, 5.41) is 3.22. The minimum absolute atomic E-state index is 0.0209. The standard InChI is InChI=1S/C29H33IN4O3/c1-28(2,3)37-27(36)32-24-22-12-8-7-11-21(22)17-29(24)13-15-33(16-14-29)26-31-18-23(30)25(35)34(26)19-20-9-5-4-6-10-20/h4-12,18,24H,13-17,19H2,1-3H3,(H,32,36)/t24-/m1/s1. The second kappa shape index (κ2) is 10.1. The molecule has 0 radical (unpaired) electrons. The fourth-order valence-electron chi connectivity index (χ4n) is 5.68. The van der Waals surface area contributed by atoms with Gasteiger partial charge >= 0.3 is 6.09 Å². The van der Waals surface area contributed by atoms with E-state index in [1.165, 1.54) is 11.1 Å². The minimum Gasteiger partial charge on any atom is -0.444 e. The lowest BCUT2D eigenvalue weighted by Crippen LogP contribution is -2.49. The molecule has 0 saturated carbocycles. The van der Waals surface area contributed by atoms with Crippen LogP contribution in [-0.4, -0.2) is 34.3 Å². The van der Waals surface area contributed by atoms with Crippen molar-refractivity contribution in [3.63, 3.8) is 0 Å². The van der Waals surface area contributed by atoms with Crippen LogP contribution >= 0.6 is 22.6 Å². The maximum absolute atomic E-state index is 13.1. The molecule has 194 valence electrons. The first-order valence-corrected chi connectivity index (χ1v) is 13.8. The molecular formula is C29H33IN4O3. The van der Waals surface area contributed by atoms with Gasteiger partial charge in [0.25, 0.3) is 5.56 Å². The molecule has 7 nitrogen and oxygen atoms in total. The number of ether oxygens (including phenoxy) is 1. The number of carbonyl (C=O) groups excluding carboxylic acids is 1. The second-order valence-electron chi connectivity index (χ2n) is 11.1. The van der Waals surface area contributed by atoms with E-state index in [0.717, 1.165) is 37.9 Å². The van der Waals surface area contributed by atoms with E-state index in [-0.39, 0.29) is 23.1 Å². The van der Waals surface area contributed by atoms with Crippen LogP contribution in [0.3, 0.4) is 0 Å². The van der Waals surface area contributed by atoms with Crippen LogP contribution in [0.4, 0.5) is 10.7 Å². The van der Waals surface area contributed by atoms with Crippen molar-refractivity contribution in [3.8, 4) is 0 Å². The fraction of sp³-hybridized carbons (Fsp3) is 0.414. The number of fused-ring (bicyclic) bond motifs is 1. The zero-order chi connectivity index (χ0) is 26.2. The third kappa shape index (κ3) is 5.39. The van der Waals surface area contributed by atoms with Gasteiger partial charge in [-0.25, -0.2) is 9.78 Å². The molecular weight excluding hydrogens is 579 g/mol. The molecule has 0 unspecified atom stereocenters. The van der Waals surface area contributed by atoms with E-state index in [0.29, 0.717) is 16.1 Å². The SMILES string of the molecule is CC(C)(C)OC(=O)N[C@@H]1c2ccccc2CC12CCN(c1ncc(I)c(=O)n1Cc1ccccc1)CC2. The summed E-state index contributed by atoms with van der Waals surface area (Å²) in [7, 11) is 0. The van der Waals surface area contributed by atoms with Crippen molar-refractivity contribution < 1.29 is 9.53 Å². The Kier molecular flexibility index (Phi) is 7.04. The molecule has 1 saturated heterocycles. The molecule has 1 amide bonds. The summed E-state index contributed by atoms with van der Waals surface area (Å²) in [4.78, 5) is 32.9.